The zero-order chi connectivity index (χ0) is 9.68. The lowest BCUT2D eigenvalue weighted by Crippen LogP contribution is -2.34. The van der Waals surface area contributed by atoms with Crippen molar-refractivity contribution in [3.63, 3.8) is 0 Å². The van der Waals surface area contributed by atoms with E-state index < -0.39 is 0 Å². The second-order valence-electron chi connectivity index (χ2n) is 3.95. The van der Waals surface area contributed by atoms with E-state index in [9.17, 15) is 0 Å². The van der Waals surface area contributed by atoms with Crippen LogP contribution >= 0.6 is 0 Å². The SMILES string of the molecule is CC.CN1CCCN2CCCC2C1. The maximum atomic E-state index is 2.67. The Morgan fingerprint density at radius 3 is 2.46 bits per heavy atom. The highest BCUT2D eigenvalue weighted by molar-refractivity contribution is 4.83. The van der Waals surface area contributed by atoms with Gasteiger partial charge in [-0.15, -0.1) is 0 Å². The van der Waals surface area contributed by atoms with E-state index >= 15 is 0 Å². The number of rotatable bonds is 0. The van der Waals surface area contributed by atoms with Gasteiger partial charge in [0.1, 0.15) is 0 Å². The van der Waals surface area contributed by atoms with E-state index in [2.05, 4.69) is 16.8 Å². The molecule has 78 valence electrons. The van der Waals surface area contributed by atoms with E-state index in [0.29, 0.717) is 0 Å². The molecule has 2 heteroatoms. The molecule has 2 aliphatic rings. The van der Waals surface area contributed by atoms with Crippen LogP contribution in [0.25, 0.3) is 0 Å². The molecule has 1 unspecified atom stereocenters. The lowest BCUT2D eigenvalue weighted by Gasteiger charge is -2.22. The quantitative estimate of drug-likeness (QED) is 0.566. The fourth-order valence-corrected chi connectivity index (χ4v) is 2.39. The summed E-state index contributed by atoms with van der Waals surface area (Å²) in [4.78, 5) is 5.15. The van der Waals surface area contributed by atoms with Crippen LogP contribution in [0.15, 0.2) is 0 Å². The molecule has 0 aromatic rings. The molecule has 0 N–H and O–H groups in total. The molecule has 1 atom stereocenters. The van der Waals surface area contributed by atoms with Gasteiger partial charge in [-0.25, -0.2) is 0 Å². The molecule has 2 saturated heterocycles. The van der Waals surface area contributed by atoms with Gasteiger partial charge in [0, 0.05) is 12.6 Å². The standard InChI is InChI=1S/C9H18N2.C2H6/c1-10-5-3-7-11-6-2-4-9(11)8-10;1-2/h9H,2-8H2,1H3;1-2H3. The molecular weight excluding hydrogens is 160 g/mol. The largest absolute Gasteiger partial charge is 0.305 e. The van der Waals surface area contributed by atoms with Crippen molar-refractivity contribution in [3.8, 4) is 0 Å². The highest BCUT2D eigenvalue weighted by Crippen LogP contribution is 2.20. The Morgan fingerprint density at radius 1 is 1.00 bits per heavy atom. The molecule has 0 radical (unpaired) electrons. The summed E-state index contributed by atoms with van der Waals surface area (Å²) in [5, 5.41) is 0. The Labute approximate surface area is 82.9 Å². The van der Waals surface area contributed by atoms with Crippen molar-refractivity contribution in [3.05, 3.63) is 0 Å². The smallest absolute Gasteiger partial charge is 0.0223 e. The summed E-state index contributed by atoms with van der Waals surface area (Å²) >= 11 is 0. The van der Waals surface area contributed by atoms with Crippen LogP contribution < -0.4 is 0 Å². The summed E-state index contributed by atoms with van der Waals surface area (Å²) in [5.74, 6) is 0. The van der Waals surface area contributed by atoms with E-state index in [0.717, 1.165) is 6.04 Å². The average Bonchev–Trinajstić information content (AvgIpc) is 2.50. The molecule has 2 fully saturated rings. The van der Waals surface area contributed by atoms with Crippen molar-refractivity contribution in [2.75, 3.05) is 33.2 Å². The van der Waals surface area contributed by atoms with E-state index in [1.165, 1.54) is 45.4 Å². The molecule has 2 aliphatic heterocycles. The van der Waals surface area contributed by atoms with Gasteiger partial charge < -0.3 is 4.90 Å². The van der Waals surface area contributed by atoms with Crippen molar-refractivity contribution in [1.82, 2.24) is 9.80 Å². The third-order valence-electron chi connectivity index (χ3n) is 3.01. The fraction of sp³-hybridized carbons (Fsp3) is 1.00. The van der Waals surface area contributed by atoms with Gasteiger partial charge in [0.2, 0.25) is 0 Å². The number of nitrogens with zero attached hydrogens (tertiary/aromatic N) is 2. The van der Waals surface area contributed by atoms with Crippen LogP contribution in [0.1, 0.15) is 33.1 Å². The number of likely N-dealkylation sites (N-methyl/N-ethyl adjacent to an activating group) is 1. The van der Waals surface area contributed by atoms with Crippen LogP contribution in [0.3, 0.4) is 0 Å². The molecule has 0 aliphatic carbocycles. The molecule has 0 aromatic carbocycles. The summed E-state index contributed by atoms with van der Waals surface area (Å²) in [7, 11) is 2.25. The highest BCUT2D eigenvalue weighted by Gasteiger charge is 2.26. The van der Waals surface area contributed by atoms with Crippen LogP contribution in [0.5, 0.6) is 0 Å². The minimum absolute atomic E-state index is 0.891. The maximum Gasteiger partial charge on any atom is 0.0223 e. The molecule has 13 heavy (non-hydrogen) atoms. The molecular formula is C11H24N2. The third kappa shape index (κ3) is 2.96. The van der Waals surface area contributed by atoms with E-state index in [1.54, 1.807) is 0 Å². The second-order valence-corrected chi connectivity index (χ2v) is 3.95. The van der Waals surface area contributed by atoms with Gasteiger partial charge in [0.05, 0.1) is 0 Å². The van der Waals surface area contributed by atoms with Crippen LogP contribution in [0.2, 0.25) is 0 Å². The van der Waals surface area contributed by atoms with Gasteiger partial charge in [0.15, 0.2) is 0 Å². The second kappa shape index (κ2) is 5.61. The molecule has 0 saturated carbocycles. The maximum absolute atomic E-state index is 2.67. The predicted octanol–water partition coefficient (Wildman–Crippen LogP) is 1.81. The first-order valence-corrected chi connectivity index (χ1v) is 5.79. The first kappa shape index (κ1) is 11.0. The topological polar surface area (TPSA) is 6.48 Å². The van der Waals surface area contributed by atoms with Crippen molar-refractivity contribution in [2.24, 2.45) is 0 Å². The molecule has 2 heterocycles. The van der Waals surface area contributed by atoms with Crippen molar-refractivity contribution >= 4 is 0 Å². The normalized spacial score (nSPS) is 30.2. The van der Waals surface area contributed by atoms with Gasteiger partial charge in [0.25, 0.3) is 0 Å². The average molecular weight is 184 g/mol. The van der Waals surface area contributed by atoms with Gasteiger partial charge in [-0.1, -0.05) is 13.8 Å². The molecule has 0 amide bonds. The zero-order valence-corrected chi connectivity index (χ0v) is 9.42. The first-order valence-electron chi connectivity index (χ1n) is 5.79. The van der Waals surface area contributed by atoms with Crippen LogP contribution in [0.4, 0.5) is 0 Å². The highest BCUT2D eigenvalue weighted by atomic mass is 15.2. The van der Waals surface area contributed by atoms with E-state index in [4.69, 9.17) is 0 Å². The summed E-state index contributed by atoms with van der Waals surface area (Å²) in [6, 6.07) is 0.891. The summed E-state index contributed by atoms with van der Waals surface area (Å²) < 4.78 is 0. The summed E-state index contributed by atoms with van der Waals surface area (Å²) in [6.45, 7) is 9.31. The minimum atomic E-state index is 0.891. The van der Waals surface area contributed by atoms with Gasteiger partial charge in [-0.3, -0.25) is 4.90 Å². The lowest BCUT2D eigenvalue weighted by molar-refractivity contribution is 0.241. The predicted molar refractivity (Wildman–Crippen MR) is 58.1 cm³/mol. The van der Waals surface area contributed by atoms with E-state index in [1.807, 2.05) is 13.8 Å². The Bertz CT molecular complexity index is 136. The first-order chi connectivity index (χ1) is 6.36. The van der Waals surface area contributed by atoms with Crippen LogP contribution in [-0.2, 0) is 0 Å². The molecule has 0 aromatic heterocycles. The lowest BCUT2D eigenvalue weighted by atomic mass is 10.2. The van der Waals surface area contributed by atoms with E-state index in [-0.39, 0.29) is 0 Å². The zero-order valence-electron chi connectivity index (χ0n) is 9.42. The van der Waals surface area contributed by atoms with Crippen LogP contribution in [0, 0.1) is 0 Å². The Balaban J connectivity index is 0.000000396. The summed E-state index contributed by atoms with van der Waals surface area (Å²) in [5.41, 5.74) is 0. The molecule has 2 rings (SSSR count). The number of fused-ring (bicyclic) bond motifs is 1. The summed E-state index contributed by atoms with van der Waals surface area (Å²) in [6.07, 6.45) is 4.23. The minimum Gasteiger partial charge on any atom is -0.305 e. The van der Waals surface area contributed by atoms with Crippen LogP contribution in [-0.4, -0.2) is 49.1 Å². The van der Waals surface area contributed by atoms with Gasteiger partial charge >= 0.3 is 0 Å². The fourth-order valence-electron chi connectivity index (χ4n) is 2.39. The molecule has 2 nitrogen and oxygen atoms in total. The van der Waals surface area contributed by atoms with Crippen molar-refractivity contribution in [1.29, 1.82) is 0 Å². The number of hydrogen-bond donors (Lipinski definition) is 0. The molecule has 0 spiro atoms. The van der Waals surface area contributed by atoms with Crippen molar-refractivity contribution in [2.45, 2.75) is 39.2 Å². The third-order valence-corrected chi connectivity index (χ3v) is 3.01. The molecule has 0 bridgehead atoms. The monoisotopic (exact) mass is 184 g/mol. The Hall–Kier alpha value is -0.0800. The number of hydrogen-bond acceptors (Lipinski definition) is 2. The van der Waals surface area contributed by atoms with Gasteiger partial charge in [-0.05, 0) is 45.9 Å². The Kier molecular flexibility index (Phi) is 4.74. The van der Waals surface area contributed by atoms with Crippen molar-refractivity contribution < 1.29 is 0 Å². The Morgan fingerprint density at radius 2 is 1.69 bits per heavy atom. The van der Waals surface area contributed by atoms with Gasteiger partial charge in [-0.2, -0.15) is 0 Å².